The maximum absolute atomic E-state index is 13.2. The summed E-state index contributed by atoms with van der Waals surface area (Å²) in [5, 5.41) is 7.97. The van der Waals surface area contributed by atoms with E-state index in [0.717, 1.165) is 10.2 Å². The summed E-state index contributed by atoms with van der Waals surface area (Å²) in [5.74, 6) is 0.0517. The van der Waals surface area contributed by atoms with Crippen LogP contribution in [-0.4, -0.2) is 20.7 Å². The number of carbonyl (C=O) groups excluding carboxylic acids is 1. The zero-order valence-corrected chi connectivity index (χ0v) is 15.2. The highest BCUT2D eigenvalue weighted by Gasteiger charge is 2.20. The first-order chi connectivity index (χ1) is 13.6. The first-order valence-electron chi connectivity index (χ1n) is 8.40. The molecule has 8 heteroatoms. The zero-order chi connectivity index (χ0) is 19.5. The average Bonchev–Trinajstić information content (AvgIpc) is 3.36. The predicted molar refractivity (Wildman–Crippen MR) is 103 cm³/mol. The fraction of sp³-hybridized carbons (Fsp3) is 0.0500. The van der Waals surface area contributed by atoms with Crippen LogP contribution < -0.4 is 5.32 Å². The van der Waals surface area contributed by atoms with Crippen molar-refractivity contribution < 1.29 is 13.6 Å². The molecule has 140 valence electrons. The molecule has 0 aliphatic heterocycles. The molecule has 0 saturated carbocycles. The van der Waals surface area contributed by atoms with Gasteiger partial charge in [0.25, 0.3) is 5.91 Å². The lowest BCUT2D eigenvalue weighted by Crippen LogP contribution is -2.17. The van der Waals surface area contributed by atoms with E-state index in [2.05, 4.69) is 15.4 Å². The minimum atomic E-state index is -0.445. The van der Waals surface area contributed by atoms with E-state index in [1.54, 1.807) is 18.2 Å². The van der Waals surface area contributed by atoms with Crippen molar-refractivity contribution in [3.05, 3.63) is 88.9 Å². The summed E-state index contributed by atoms with van der Waals surface area (Å²) in [7, 11) is 0. The van der Waals surface area contributed by atoms with Crippen LogP contribution >= 0.6 is 11.6 Å². The Morgan fingerprint density at radius 3 is 2.68 bits per heavy atom. The Labute approximate surface area is 164 Å². The second-order valence-electron chi connectivity index (χ2n) is 5.94. The molecule has 0 aliphatic rings. The maximum Gasteiger partial charge on any atom is 0.281 e. The molecular weight excluding hydrogens is 383 g/mol. The normalized spacial score (nSPS) is 10.8. The lowest BCUT2D eigenvalue weighted by molar-refractivity contribution is 0.0947. The summed E-state index contributed by atoms with van der Waals surface area (Å²) >= 11 is 6.01. The molecule has 0 atom stereocenters. The third kappa shape index (κ3) is 3.79. The number of aromatic nitrogens is 3. The van der Waals surface area contributed by atoms with E-state index in [-0.39, 0.29) is 17.3 Å². The van der Waals surface area contributed by atoms with Crippen molar-refractivity contribution in [1.82, 2.24) is 14.8 Å². The van der Waals surface area contributed by atoms with Crippen LogP contribution in [0.4, 0.5) is 10.3 Å². The van der Waals surface area contributed by atoms with E-state index in [0.29, 0.717) is 17.3 Å². The van der Waals surface area contributed by atoms with Crippen molar-refractivity contribution in [2.45, 2.75) is 6.54 Å². The number of hydrogen-bond acceptors (Lipinski definition) is 5. The van der Waals surface area contributed by atoms with Crippen molar-refractivity contribution in [2.24, 2.45) is 0 Å². The van der Waals surface area contributed by atoms with E-state index in [1.165, 1.54) is 30.5 Å². The topological polar surface area (TPSA) is 73.0 Å². The number of halogens is 2. The van der Waals surface area contributed by atoms with Gasteiger partial charge in [-0.1, -0.05) is 23.7 Å². The molecule has 6 nitrogen and oxygen atoms in total. The summed E-state index contributed by atoms with van der Waals surface area (Å²) in [6, 6.07) is 16.0. The van der Waals surface area contributed by atoms with E-state index in [9.17, 15) is 9.18 Å². The Kier molecular flexibility index (Phi) is 4.90. The number of rotatable bonds is 5. The van der Waals surface area contributed by atoms with Crippen LogP contribution in [0.2, 0.25) is 5.02 Å². The smallest absolute Gasteiger partial charge is 0.281 e. The third-order valence-electron chi connectivity index (χ3n) is 3.97. The van der Waals surface area contributed by atoms with Crippen LogP contribution in [0.15, 0.2) is 71.3 Å². The first-order valence-corrected chi connectivity index (χ1v) is 8.77. The minimum Gasteiger partial charge on any atom is -0.461 e. The highest BCUT2D eigenvalue weighted by molar-refractivity contribution is 6.30. The fourth-order valence-electron chi connectivity index (χ4n) is 2.62. The SMILES string of the molecule is O=C(c1ccc(F)cc1)n1nc(-c2ccco2)nc1NCc1cccc(Cl)c1. The molecule has 0 unspecified atom stereocenters. The van der Waals surface area contributed by atoms with Crippen molar-refractivity contribution in [3.63, 3.8) is 0 Å². The number of benzene rings is 2. The number of furan rings is 1. The molecule has 0 bridgehead atoms. The second kappa shape index (κ2) is 7.66. The first kappa shape index (κ1) is 17.9. The quantitative estimate of drug-likeness (QED) is 0.532. The van der Waals surface area contributed by atoms with Gasteiger partial charge in [0.15, 0.2) is 5.76 Å². The Bertz CT molecular complexity index is 1110. The molecule has 0 fully saturated rings. The largest absolute Gasteiger partial charge is 0.461 e. The van der Waals surface area contributed by atoms with Crippen LogP contribution in [-0.2, 0) is 6.54 Å². The van der Waals surface area contributed by atoms with Crippen molar-refractivity contribution >= 4 is 23.5 Å². The summed E-state index contributed by atoms with van der Waals surface area (Å²) in [4.78, 5) is 17.2. The van der Waals surface area contributed by atoms with Crippen LogP contribution in [0.1, 0.15) is 15.9 Å². The van der Waals surface area contributed by atoms with Gasteiger partial charge in [-0.05, 0) is 54.1 Å². The highest BCUT2D eigenvalue weighted by Crippen LogP contribution is 2.20. The number of hydrogen-bond donors (Lipinski definition) is 1. The molecule has 28 heavy (non-hydrogen) atoms. The van der Waals surface area contributed by atoms with Gasteiger partial charge in [-0.3, -0.25) is 4.79 Å². The molecule has 4 rings (SSSR count). The molecular formula is C20H14ClFN4O2. The van der Waals surface area contributed by atoms with Crippen molar-refractivity contribution in [1.29, 1.82) is 0 Å². The van der Waals surface area contributed by atoms with E-state index in [1.807, 2.05) is 18.2 Å². The fourth-order valence-corrected chi connectivity index (χ4v) is 2.83. The number of nitrogens with one attached hydrogen (secondary N) is 1. The van der Waals surface area contributed by atoms with Gasteiger partial charge in [0.05, 0.1) is 6.26 Å². The van der Waals surface area contributed by atoms with Gasteiger partial charge in [0.2, 0.25) is 11.8 Å². The number of carbonyl (C=O) groups is 1. The molecule has 2 aromatic heterocycles. The number of nitrogens with zero attached hydrogens (tertiary/aromatic N) is 3. The van der Waals surface area contributed by atoms with E-state index >= 15 is 0 Å². The zero-order valence-electron chi connectivity index (χ0n) is 14.5. The standard InChI is InChI=1S/C20H14ClFN4O2/c21-15-4-1-3-13(11-15)12-23-20-24-18(17-5-2-10-28-17)25-26(20)19(27)14-6-8-16(22)9-7-14/h1-11H,12H2,(H,23,24,25). The van der Waals surface area contributed by atoms with Gasteiger partial charge < -0.3 is 9.73 Å². The third-order valence-corrected chi connectivity index (χ3v) is 4.21. The summed E-state index contributed by atoms with van der Waals surface area (Å²) in [6.45, 7) is 0.382. The minimum absolute atomic E-state index is 0.237. The lowest BCUT2D eigenvalue weighted by atomic mass is 10.2. The Hall–Kier alpha value is -3.45. The lowest BCUT2D eigenvalue weighted by Gasteiger charge is -2.07. The average molecular weight is 397 g/mol. The summed E-state index contributed by atoms with van der Waals surface area (Å²) in [5.41, 5.74) is 1.19. The molecule has 0 aliphatic carbocycles. The predicted octanol–water partition coefficient (Wildman–Crippen LogP) is 4.63. The molecule has 2 heterocycles. The van der Waals surface area contributed by atoms with Gasteiger partial charge >= 0.3 is 0 Å². The van der Waals surface area contributed by atoms with Gasteiger partial charge in [0, 0.05) is 17.1 Å². The van der Waals surface area contributed by atoms with Gasteiger partial charge in [0.1, 0.15) is 5.82 Å². The monoisotopic (exact) mass is 396 g/mol. The van der Waals surface area contributed by atoms with Crippen LogP contribution in [0, 0.1) is 5.82 Å². The van der Waals surface area contributed by atoms with Gasteiger partial charge in [-0.25, -0.2) is 4.39 Å². The number of anilines is 1. The molecule has 0 spiro atoms. The molecule has 0 saturated heterocycles. The molecule has 2 aromatic carbocycles. The van der Waals surface area contributed by atoms with Crippen LogP contribution in [0.25, 0.3) is 11.6 Å². The molecule has 0 radical (unpaired) electrons. The summed E-state index contributed by atoms with van der Waals surface area (Å²) < 4.78 is 19.6. The van der Waals surface area contributed by atoms with E-state index < -0.39 is 11.7 Å². The maximum atomic E-state index is 13.2. The molecule has 4 aromatic rings. The van der Waals surface area contributed by atoms with Crippen LogP contribution in [0.5, 0.6) is 0 Å². The Morgan fingerprint density at radius 1 is 1.14 bits per heavy atom. The molecule has 0 amide bonds. The highest BCUT2D eigenvalue weighted by atomic mass is 35.5. The molecule has 1 N–H and O–H groups in total. The van der Waals surface area contributed by atoms with Crippen molar-refractivity contribution in [2.75, 3.05) is 5.32 Å². The second-order valence-corrected chi connectivity index (χ2v) is 6.38. The van der Waals surface area contributed by atoms with Crippen molar-refractivity contribution in [3.8, 4) is 11.6 Å². The Balaban J connectivity index is 1.67. The van der Waals surface area contributed by atoms with Crippen LogP contribution in [0.3, 0.4) is 0 Å². The Morgan fingerprint density at radius 2 is 1.96 bits per heavy atom. The van der Waals surface area contributed by atoms with Gasteiger partial charge in [-0.2, -0.15) is 9.67 Å². The van der Waals surface area contributed by atoms with Gasteiger partial charge in [-0.15, -0.1) is 5.10 Å². The summed E-state index contributed by atoms with van der Waals surface area (Å²) in [6.07, 6.45) is 1.50. The van der Waals surface area contributed by atoms with E-state index in [4.69, 9.17) is 16.0 Å².